The summed E-state index contributed by atoms with van der Waals surface area (Å²) in [4.78, 5) is 8.95. The highest BCUT2D eigenvalue weighted by molar-refractivity contribution is 7.99. The van der Waals surface area contributed by atoms with E-state index in [9.17, 15) is 0 Å². The van der Waals surface area contributed by atoms with Crippen molar-refractivity contribution in [3.8, 4) is 11.1 Å². The summed E-state index contributed by atoms with van der Waals surface area (Å²) in [5.41, 5.74) is 12.5. The Balaban J connectivity index is 1.35. The standard InChI is InChI=1S/C35H22BN2S/c1-20-18-26(24-11-6-10-23-25-17-16-21-8-2-3-9-22(21)33(25)37-34(23)24)32-29(19-20)38-28-13-4-5-14-30(28)39-31-15-7-12-27(36-32)35(31)38/h2-19,37H,1H3. The predicted molar refractivity (Wildman–Crippen MR) is 167 cm³/mol. The van der Waals surface area contributed by atoms with Crippen LogP contribution in [0, 0.1) is 6.92 Å². The molecule has 0 bridgehead atoms. The summed E-state index contributed by atoms with van der Waals surface area (Å²) >= 11 is 1.87. The van der Waals surface area contributed by atoms with Crippen LogP contribution in [0.3, 0.4) is 0 Å². The molecule has 0 saturated heterocycles. The van der Waals surface area contributed by atoms with Crippen molar-refractivity contribution in [1.82, 2.24) is 4.98 Å². The summed E-state index contributed by atoms with van der Waals surface area (Å²) in [6.45, 7) is 2.22. The minimum atomic E-state index is 1.19. The van der Waals surface area contributed by atoms with Gasteiger partial charge in [-0.1, -0.05) is 102 Å². The first-order chi connectivity index (χ1) is 19.2. The van der Waals surface area contributed by atoms with E-state index in [0.717, 1.165) is 0 Å². The summed E-state index contributed by atoms with van der Waals surface area (Å²) < 4.78 is 0. The van der Waals surface area contributed by atoms with E-state index < -0.39 is 0 Å². The Morgan fingerprint density at radius 1 is 0.641 bits per heavy atom. The van der Waals surface area contributed by atoms with Gasteiger partial charge in [0.25, 0.3) is 0 Å². The van der Waals surface area contributed by atoms with Crippen molar-refractivity contribution in [2.75, 3.05) is 4.90 Å². The van der Waals surface area contributed by atoms with Crippen LogP contribution in [0.4, 0.5) is 17.1 Å². The number of nitrogens with one attached hydrogen (secondary N) is 1. The molecule has 1 aromatic heterocycles. The van der Waals surface area contributed by atoms with Crippen molar-refractivity contribution in [2.24, 2.45) is 0 Å². The van der Waals surface area contributed by atoms with Crippen molar-refractivity contribution in [3.05, 3.63) is 115 Å². The lowest BCUT2D eigenvalue weighted by Crippen LogP contribution is -2.42. The minimum Gasteiger partial charge on any atom is -0.353 e. The highest BCUT2D eigenvalue weighted by Gasteiger charge is 2.33. The van der Waals surface area contributed by atoms with E-state index in [0.29, 0.717) is 0 Å². The molecule has 6 aromatic carbocycles. The summed E-state index contributed by atoms with van der Waals surface area (Å²) in [6.07, 6.45) is 0. The van der Waals surface area contributed by atoms with Gasteiger partial charge in [-0.3, -0.25) is 0 Å². The quantitative estimate of drug-likeness (QED) is 0.223. The highest BCUT2D eigenvalue weighted by Crippen LogP contribution is 2.51. The first kappa shape index (κ1) is 21.5. The summed E-state index contributed by atoms with van der Waals surface area (Å²) in [7, 11) is 2.39. The number of hydrogen-bond acceptors (Lipinski definition) is 2. The predicted octanol–water partition coefficient (Wildman–Crippen LogP) is 8.35. The molecule has 0 spiro atoms. The maximum atomic E-state index is 3.86. The van der Waals surface area contributed by atoms with Gasteiger partial charge in [-0.25, -0.2) is 0 Å². The largest absolute Gasteiger partial charge is 0.353 e. The number of fused-ring (bicyclic) bond motifs is 9. The fourth-order valence-corrected chi connectivity index (χ4v) is 7.68. The van der Waals surface area contributed by atoms with Crippen LogP contribution in [-0.4, -0.2) is 12.3 Å². The molecular weight excluding hydrogens is 491 g/mol. The number of rotatable bonds is 1. The van der Waals surface area contributed by atoms with Gasteiger partial charge in [0.15, 0.2) is 7.28 Å². The second kappa shape index (κ2) is 7.81. The maximum Gasteiger partial charge on any atom is 0.197 e. The molecule has 2 aliphatic heterocycles. The van der Waals surface area contributed by atoms with Crippen LogP contribution < -0.4 is 15.8 Å². The van der Waals surface area contributed by atoms with E-state index >= 15 is 0 Å². The molecule has 9 rings (SSSR count). The number of aryl methyl sites for hydroxylation is 1. The number of anilines is 3. The number of aromatic nitrogens is 1. The Morgan fingerprint density at radius 2 is 1.44 bits per heavy atom. The third kappa shape index (κ3) is 2.95. The summed E-state index contributed by atoms with van der Waals surface area (Å²) in [5.74, 6) is 0. The molecule has 7 aromatic rings. The molecule has 0 atom stereocenters. The molecule has 181 valence electrons. The van der Waals surface area contributed by atoms with E-state index in [-0.39, 0.29) is 0 Å². The molecule has 0 unspecified atom stereocenters. The van der Waals surface area contributed by atoms with Gasteiger partial charge in [-0.15, -0.1) is 0 Å². The highest BCUT2D eigenvalue weighted by atomic mass is 32.2. The lowest BCUT2D eigenvalue weighted by Gasteiger charge is -2.39. The van der Waals surface area contributed by atoms with Crippen LogP contribution >= 0.6 is 11.8 Å². The van der Waals surface area contributed by atoms with E-state index in [1.54, 1.807) is 0 Å². The van der Waals surface area contributed by atoms with E-state index in [1.807, 2.05) is 11.8 Å². The van der Waals surface area contributed by atoms with Gasteiger partial charge in [0.05, 0.1) is 22.4 Å². The van der Waals surface area contributed by atoms with Gasteiger partial charge in [-0.2, -0.15) is 0 Å². The van der Waals surface area contributed by atoms with Crippen molar-refractivity contribution in [2.45, 2.75) is 16.7 Å². The summed E-state index contributed by atoms with van der Waals surface area (Å²) in [6, 6.07) is 40.0. The van der Waals surface area contributed by atoms with Crippen molar-refractivity contribution in [3.63, 3.8) is 0 Å². The minimum absolute atomic E-state index is 1.19. The van der Waals surface area contributed by atoms with E-state index in [2.05, 4.69) is 133 Å². The smallest absolute Gasteiger partial charge is 0.197 e. The Labute approximate surface area is 231 Å². The fourth-order valence-electron chi connectivity index (χ4n) is 6.58. The Kier molecular flexibility index (Phi) is 4.31. The molecule has 1 N–H and O–H groups in total. The molecular formula is C35H22BN2S. The molecule has 2 aliphatic rings. The second-order valence-corrected chi connectivity index (χ2v) is 11.6. The Hall–Kier alpha value is -4.41. The van der Waals surface area contributed by atoms with Gasteiger partial charge in [0.2, 0.25) is 0 Å². The zero-order chi connectivity index (χ0) is 25.7. The van der Waals surface area contributed by atoms with E-state index in [1.165, 1.54) is 87.0 Å². The van der Waals surface area contributed by atoms with Crippen LogP contribution in [0.15, 0.2) is 119 Å². The van der Waals surface area contributed by atoms with Gasteiger partial charge >= 0.3 is 0 Å². The molecule has 4 heteroatoms. The summed E-state index contributed by atoms with van der Waals surface area (Å²) in [5, 5.41) is 5.06. The van der Waals surface area contributed by atoms with Crippen LogP contribution in [0.25, 0.3) is 43.7 Å². The molecule has 3 heterocycles. The number of nitrogens with zero attached hydrogens (tertiary/aromatic N) is 1. The topological polar surface area (TPSA) is 19.0 Å². The third-order valence-corrected chi connectivity index (χ3v) is 9.36. The molecule has 1 radical (unpaired) electrons. The number of hydrogen-bond donors (Lipinski definition) is 1. The SMILES string of the molecule is Cc1cc(-c2cccc3c2[nH]c2c4ccccc4ccc32)c2c(c1)N1c3ccccc3Sc3cccc(c31)[B]2. The van der Waals surface area contributed by atoms with Crippen LogP contribution in [0.1, 0.15) is 5.56 Å². The van der Waals surface area contributed by atoms with Gasteiger partial charge in [0.1, 0.15) is 0 Å². The fraction of sp³-hybridized carbons (Fsp3) is 0.0286. The lowest BCUT2D eigenvalue weighted by molar-refractivity contribution is 1.17. The Bertz CT molecular complexity index is 2160. The first-order valence-corrected chi connectivity index (χ1v) is 14.2. The molecule has 39 heavy (non-hydrogen) atoms. The van der Waals surface area contributed by atoms with Crippen LogP contribution in [0.5, 0.6) is 0 Å². The number of para-hydroxylation sites is 3. The zero-order valence-electron chi connectivity index (χ0n) is 21.3. The van der Waals surface area contributed by atoms with Gasteiger partial charge < -0.3 is 9.88 Å². The molecule has 0 amide bonds. The average molecular weight is 513 g/mol. The molecule has 0 saturated carbocycles. The van der Waals surface area contributed by atoms with Gasteiger partial charge in [-0.05, 0) is 53.2 Å². The Morgan fingerprint density at radius 3 is 2.41 bits per heavy atom. The molecule has 0 fully saturated rings. The average Bonchev–Trinajstić information content (AvgIpc) is 3.36. The molecule has 2 nitrogen and oxygen atoms in total. The normalized spacial score (nSPS) is 13.3. The monoisotopic (exact) mass is 513 g/mol. The lowest BCUT2D eigenvalue weighted by atomic mass is 9.58. The number of aromatic amines is 1. The van der Waals surface area contributed by atoms with Crippen molar-refractivity contribution in [1.29, 1.82) is 0 Å². The molecule has 0 aliphatic carbocycles. The van der Waals surface area contributed by atoms with Crippen molar-refractivity contribution >= 4 is 79.6 Å². The van der Waals surface area contributed by atoms with Crippen LogP contribution in [-0.2, 0) is 0 Å². The maximum absolute atomic E-state index is 3.86. The second-order valence-electron chi connectivity index (χ2n) is 10.6. The van der Waals surface area contributed by atoms with Crippen molar-refractivity contribution < 1.29 is 0 Å². The van der Waals surface area contributed by atoms with E-state index in [4.69, 9.17) is 0 Å². The number of H-pyrrole nitrogens is 1. The zero-order valence-corrected chi connectivity index (χ0v) is 22.1. The third-order valence-electron chi connectivity index (χ3n) is 8.25. The first-order valence-electron chi connectivity index (χ1n) is 13.4. The van der Waals surface area contributed by atoms with Gasteiger partial charge in [0, 0.05) is 37.2 Å². The number of benzene rings is 6. The van der Waals surface area contributed by atoms with Crippen LogP contribution in [0.2, 0.25) is 0 Å².